The molecule has 1 N–H and O–H groups in total. The van der Waals surface area contributed by atoms with Gasteiger partial charge in [-0.25, -0.2) is 4.39 Å². The fourth-order valence-corrected chi connectivity index (χ4v) is 3.15. The molecule has 6 heteroatoms. The van der Waals surface area contributed by atoms with E-state index in [2.05, 4.69) is 19.2 Å². The van der Waals surface area contributed by atoms with Crippen molar-refractivity contribution < 1.29 is 13.7 Å². The third-order valence-corrected chi connectivity index (χ3v) is 3.75. The normalized spacial score (nSPS) is 26.3. The van der Waals surface area contributed by atoms with Gasteiger partial charge in [-0.15, -0.1) is 0 Å². The van der Waals surface area contributed by atoms with Crippen molar-refractivity contribution in [3.63, 3.8) is 0 Å². The fourth-order valence-electron chi connectivity index (χ4n) is 3.15. The molecule has 0 amide bonds. The van der Waals surface area contributed by atoms with E-state index in [1.807, 2.05) is 0 Å². The van der Waals surface area contributed by atoms with Gasteiger partial charge in [0.05, 0.1) is 4.92 Å². The number of nitro groups is 1. The van der Waals surface area contributed by atoms with E-state index in [0.29, 0.717) is 17.9 Å². The van der Waals surface area contributed by atoms with Crippen LogP contribution in [0.15, 0.2) is 12.1 Å². The minimum Gasteiger partial charge on any atom is -0.377 e. The van der Waals surface area contributed by atoms with Crippen LogP contribution in [0.1, 0.15) is 33.1 Å². The maximum Gasteiger partial charge on any atom is 0.327 e. The standard InChI is InChI=1S/C14H18F2N2O2/c1-8-3-9(2)5-11(4-8)17-13-7-10(15)6-12(16)14(13)18(19)20/h6-9,11,17H,3-5H2,1-2H3. The lowest BCUT2D eigenvalue weighted by atomic mass is 9.80. The first-order chi connectivity index (χ1) is 9.36. The molecule has 0 spiro atoms. The third-order valence-electron chi connectivity index (χ3n) is 3.75. The molecule has 0 aromatic heterocycles. The van der Waals surface area contributed by atoms with Crippen LogP contribution in [0.5, 0.6) is 0 Å². The van der Waals surface area contributed by atoms with Gasteiger partial charge in [0.25, 0.3) is 0 Å². The van der Waals surface area contributed by atoms with Crippen LogP contribution in [0.3, 0.4) is 0 Å². The summed E-state index contributed by atoms with van der Waals surface area (Å²) in [7, 11) is 0. The Morgan fingerprint density at radius 1 is 1.20 bits per heavy atom. The van der Waals surface area contributed by atoms with Crippen LogP contribution in [0.4, 0.5) is 20.2 Å². The highest BCUT2D eigenvalue weighted by Crippen LogP contribution is 2.34. The summed E-state index contributed by atoms with van der Waals surface area (Å²) in [6.07, 6.45) is 2.80. The van der Waals surface area contributed by atoms with Gasteiger partial charge in [-0.3, -0.25) is 10.1 Å². The second-order valence-corrected chi connectivity index (χ2v) is 5.80. The topological polar surface area (TPSA) is 55.2 Å². The molecule has 0 bridgehead atoms. The Morgan fingerprint density at radius 3 is 2.35 bits per heavy atom. The number of hydrogen-bond acceptors (Lipinski definition) is 3. The largest absolute Gasteiger partial charge is 0.377 e. The number of hydrogen-bond donors (Lipinski definition) is 1. The summed E-state index contributed by atoms with van der Waals surface area (Å²) < 4.78 is 26.8. The van der Waals surface area contributed by atoms with E-state index in [0.717, 1.165) is 25.3 Å². The molecule has 1 aromatic rings. The van der Waals surface area contributed by atoms with Gasteiger partial charge >= 0.3 is 5.69 Å². The highest BCUT2D eigenvalue weighted by molar-refractivity contribution is 5.62. The van der Waals surface area contributed by atoms with Gasteiger partial charge in [-0.2, -0.15) is 4.39 Å². The zero-order chi connectivity index (χ0) is 14.9. The molecule has 110 valence electrons. The molecule has 1 saturated carbocycles. The molecular weight excluding hydrogens is 266 g/mol. The minimum absolute atomic E-state index is 0.00801. The second-order valence-electron chi connectivity index (χ2n) is 5.80. The van der Waals surface area contributed by atoms with Crippen LogP contribution >= 0.6 is 0 Å². The van der Waals surface area contributed by atoms with Gasteiger partial charge in [0, 0.05) is 18.2 Å². The van der Waals surface area contributed by atoms with Crippen LogP contribution < -0.4 is 5.32 Å². The van der Waals surface area contributed by atoms with Crippen molar-refractivity contribution in [1.82, 2.24) is 0 Å². The molecule has 4 nitrogen and oxygen atoms in total. The molecule has 1 fully saturated rings. The van der Waals surface area contributed by atoms with Crippen molar-refractivity contribution in [2.45, 2.75) is 39.2 Å². The molecule has 2 unspecified atom stereocenters. The molecule has 0 aliphatic heterocycles. The van der Waals surface area contributed by atoms with Crippen LogP contribution in [0, 0.1) is 33.6 Å². The van der Waals surface area contributed by atoms with Crippen LogP contribution in [-0.2, 0) is 0 Å². The number of nitrogens with zero attached hydrogens (tertiary/aromatic N) is 1. The second kappa shape index (κ2) is 5.73. The number of rotatable bonds is 3. The Kier molecular flexibility index (Phi) is 4.20. The molecule has 0 radical (unpaired) electrons. The average molecular weight is 284 g/mol. The van der Waals surface area contributed by atoms with Gasteiger partial charge < -0.3 is 5.32 Å². The highest BCUT2D eigenvalue weighted by atomic mass is 19.1. The summed E-state index contributed by atoms with van der Waals surface area (Å²) in [5, 5.41) is 13.9. The average Bonchev–Trinajstić information content (AvgIpc) is 2.25. The van der Waals surface area contributed by atoms with Crippen LogP contribution in [0.2, 0.25) is 0 Å². The quantitative estimate of drug-likeness (QED) is 0.671. The van der Waals surface area contributed by atoms with Gasteiger partial charge in [0.15, 0.2) is 0 Å². The summed E-state index contributed by atoms with van der Waals surface area (Å²) >= 11 is 0. The Bertz CT molecular complexity index is 512. The monoisotopic (exact) mass is 284 g/mol. The predicted molar refractivity (Wildman–Crippen MR) is 72.6 cm³/mol. The van der Waals surface area contributed by atoms with Crippen molar-refractivity contribution in [3.05, 3.63) is 33.9 Å². The molecule has 1 aliphatic rings. The van der Waals surface area contributed by atoms with Crippen molar-refractivity contribution in [2.75, 3.05) is 5.32 Å². The van der Waals surface area contributed by atoms with E-state index in [4.69, 9.17) is 0 Å². The zero-order valence-corrected chi connectivity index (χ0v) is 11.5. The first-order valence-electron chi connectivity index (χ1n) is 6.76. The van der Waals surface area contributed by atoms with Crippen molar-refractivity contribution in [1.29, 1.82) is 0 Å². The Labute approximate surface area is 116 Å². The lowest BCUT2D eigenvalue weighted by Crippen LogP contribution is -2.30. The lowest BCUT2D eigenvalue weighted by Gasteiger charge is -2.32. The van der Waals surface area contributed by atoms with E-state index < -0.39 is 22.2 Å². The van der Waals surface area contributed by atoms with E-state index in [9.17, 15) is 18.9 Å². The Balaban J connectivity index is 2.26. The molecule has 2 atom stereocenters. The van der Waals surface area contributed by atoms with Gasteiger partial charge in [0.2, 0.25) is 5.82 Å². The number of halogens is 2. The van der Waals surface area contributed by atoms with Crippen LogP contribution in [0.25, 0.3) is 0 Å². The van der Waals surface area contributed by atoms with Gasteiger partial charge in [0.1, 0.15) is 11.5 Å². The van der Waals surface area contributed by atoms with Crippen molar-refractivity contribution >= 4 is 11.4 Å². The number of anilines is 1. The first kappa shape index (κ1) is 14.7. The van der Waals surface area contributed by atoms with Gasteiger partial charge in [-0.1, -0.05) is 13.8 Å². The molecule has 2 rings (SSSR count). The number of nitrogens with one attached hydrogen (secondary N) is 1. The third kappa shape index (κ3) is 3.23. The summed E-state index contributed by atoms with van der Waals surface area (Å²) in [5.41, 5.74) is -0.754. The number of benzene rings is 1. The number of nitro benzene ring substituents is 1. The van der Waals surface area contributed by atoms with Gasteiger partial charge in [-0.05, 0) is 31.1 Å². The maximum atomic E-state index is 13.5. The Morgan fingerprint density at radius 2 is 1.80 bits per heavy atom. The zero-order valence-electron chi connectivity index (χ0n) is 11.5. The summed E-state index contributed by atoms with van der Waals surface area (Å²) in [6.45, 7) is 4.23. The summed E-state index contributed by atoms with van der Waals surface area (Å²) in [4.78, 5) is 10.1. The van der Waals surface area contributed by atoms with Crippen molar-refractivity contribution in [3.8, 4) is 0 Å². The smallest absolute Gasteiger partial charge is 0.327 e. The van der Waals surface area contributed by atoms with E-state index in [1.54, 1.807) is 0 Å². The molecule has 1 aliphatic carbocycles. The lowest BCUT2D eigenvalue weighted by molar-refractivity contribution is -0.386. The predicted octanol–water partition coefficient (Wildman–Crippen LogP) is 4.11. The summed E-state index contributed by atoms with van der Waals surface area (Å²) in [5.74, 6) is -0.968. The Hall–Kier alpha value is -1.72. The van der Waals surface area contributed by atoms with Crippen molar-refractivity contribution in [2.24, 2.45) is 11.8 Å². The first-order valence-corrected chi connectivity index (χ1v) is 6.76. The summed E-state index contributed by atoms with van der Waals surface area (Å²) in [6, 6.07) is 1.54. The van der Waals surface area contributed by atoms with E-state index in [1.165, 1.54) is 0 Å². The van der Waals surface area contributed by atoms with E-state index >= 15 is 0 Å². The molecule has 20 heavy (non-hydrogen) atoms. The fraction of sp³-hybridized carbons (Fsp3) is 0.571. The maximum absolute atomic E-state index is 13.5. The van der Waals surface area contributed by atoms with Crippen LogP contribution in [-0.4, -0.2) is 11.0 Å². The molecule has 1 aromatic carbocycles. The van der Waals surface area contributed by atoms with E-state index in [-0.39, 0.29) is 11.7 Å². The highest BCUT2D eigenvalue weighted by Gasteiger charge is 2.28. The molecule has 0 heterocycles. The SMILES string of the molecule is CC1CC(C)CC(Nc2cc(F)cc(F)c2[N+](=O)[O-])C1. The minimum atomic E-state index is -1.14. The molecule has 0 saturated heterocycles. The molecular formula is C14H18F2N2O2.